The number of carbonyl (C=O) groups excluding carboxylic acids is 1. The molecular formula is C22H18N2O4S2. The monoisotopic (exact) mass is 438 g/mol. The second-order valence-electron chi connectivity index (χ2n) is 6.91. The fourth-order valence-corrected chi connectivity index (χ4v) is 4.67. The minimum Gasteiger partial charge on any atom is -0.478 e. The molecule has 1 aliphatic rings. The zero-order chi connectivity index (χ0) is 21.6. The molecule has 0 bridgehead atoms. The van der Waals surface area contributed by atoms with Gasteiger partial charge in [-0.15, -0.1) is 0 Å². The van der Waals surface area contributed by atoms with Gasteiger partial charge in [-0.3, -0.25) is 9.47 Å². The van der Waals surface area contributed by atoms with Crippen LogP contribution >= 0.6 is 24.0 Å². The molecule has 0 radical (unpaired) electrons. The van der Waals surface area contributed by atoms with Crippen LogP contribution in [0, 0.1) is 20.8 Å². The summed E-state index contributed by atoms with van der Waals surface area (Å²) in [4.78, 5) is 24.8. The summed E-state index contributed by atoms with van der Waals surface area (Å²) in [5, 5.41) is 10.8. The van der Waals surface area contributed by atoms with Gasteiger partial charge in [-0.05, 0) is 68.9 Å². The lowest BCUT2D eigenvalue weighted by molar-refractivity contribution is -0.114. The topological polar surface area (TPSA) is 75.7 Å². The fraction of sp³-hybridized carbons (Fsp3) is 0.136. The molecule has 0 spiro atoms. The summed E-state index contributed by atoms with van der Waals surface area (Å²) < 4.78 is 8.15. The average molecular weight is 439 g/mol. The Morgan fingerprint density at radius 2 is 1.80 bits per heavy atom. The molecule has 3 heterocycles. The molecule has 1 amide bonds. The number of benzene rings is 1. The molecule has 0 atom stereocenters. The Labute approximate surface area is 182 Å². The normalized spacial score (nSPS) is 15.4. The lowest BCUT2D eigenvalue weighted by atomic mass is 10.0. The van der Waals surface area contributed by atoms with E-state index in [-0.39, 0.29) is 11.5 Å². The number of hydrogen-bond acceptors (Lipinski definition) is 5. The van der Waals surface area contributed by atoms with E-state index in [9.17, 15) is 14.7 Å². The van der Waals surface area contributed by atoms with Crippen molar-refractivity contribution in [3.63, 3.8) is 0 Å². The molecule has 2 aromatic heterocycles. The van der Waals surface area contributed by atoms with Gasteiger partial charge in [-0.25, -0.2) is 4.79 Å². The van der Waals surface area contributed by atoms with Crippen molar-refractivity contribution in [2.75, 3.05) is 5.01 Å². The van der Waals surface area contributed by atoms with Gasteiger partial charge in [-0.1, -0.05) is 23.9 Å². The van der Waals surface area contributed by atoms with Crippen LogP contribution in [0.1, 0.15) is 33.1 Å². The Morgan fingerprint density at radius 3 is 2.47 bits per heavy atom. The summed E-state index contributed by atoms with van der Waals surface area (Å²) in [6, 6.07) is 12.4. The summed E-state index contributed by atoms with van der Waals surface area (Å²) in [7, 11) is 0. The van der Waals surface area contributed by atoms with E-state index in [1.165, 1.54) is 16.8 Å². The molecular weight excluding hydrogens is 420 g/mol. The molecule has 3 aromatic rings. The summed E-state index contributed by atoms with van der Waals surface area (Å²) in [6.07, 6.45) is 1.66. The third-order valence-electron chi connectivity index (χ3n) is 4.94. The number of hydrogen-bond donors (Lipinski definition) is 1. The van der Waals surface area contributed by atoms with Crippen LogP contribution in [0.2, 0.25) is 0 Å². The smallest absolute Gasteiger partial charge is 0.335 e. The quantitative estimate of drug-likeness (QED) is 0.461. The molecule has 1 saturated heterocycles. The first-order valence-corrected chi connectivity index (χ1v) is 10.4. The number of amides is 1. The van der Waals surface area contributed by atoms with E-state index in [1.54, 1.807) is 41.9 Å². The second kappa shape index (κ2) is 7.62. The van der Waals surface area contributed by atoms with Crippen LogP contribution in [0.3, 0.4) is 0 Å². The average Bonchev–Trinajstić information content (AvgIpc) is 3.36. The largest absolute Gasteiger partial charge is 0.478 e. The van der Waals surface area contributed by atoms with Crippen molar-refractivity contribution in [1.29, 1.82) is 0 Å². The molecule has 30 heavy (non-hydrogen) atoms. The van der Waals surface area contributed by atoms with E-state index in [2.05, 4.69) is 0 Å². The number of carboxylic acids is 1. The zero-order valence-corrected chi connectivity index (χ0v) is 18.1. The maximum absolute atomic E-state index is 13.0. The molecule has 4 rings (SSSR count). The van der Waals surface area contributed by atoms with Crippen LogP contribution in [-0.4, -0.2) is 26.0 Å². The van der Waals surface area contributed by atoms with Gasteiger partial charge in [0.1, 0.15) is 11.5 Å². The first-order valence-electron chi connectivity index (χ1n) is 9.14. The molecule has 1 aliphatic heterocycles. The Kier molecular flexibility index (Phi) is 5.13. The highest BCUT2D eigenvalue weighted by molar-refractivity contribution is 8.27. The standard InChI is InChI=1S/C22H18N2O4S2/c1-12-7-8-13(2)23(12)24-20(25)19(30-22(24)29)11-15-9-10-18(28-15)16-5-4-6-17(14(16)3)21(26)27/h4-11H,1-3H3,(H,26,27)/b19-11-. The highest BCUT2D eigenvalue weighted by atomic mass is 32.2. The predicted octanol–water partition coefficient (Wildman–Crippen LogP) is 4.91. The van der Waals surface area contributed by atoms with Crippen LogP contribution in [0.5, 0.6) is 0 Å². The second-order valence-corrected chi connectivity index (χ2v) is 8.58. The van der Waals surface area contributed by atoms with E-state index in [0.29, 0.717) is 31.9 Å². The number of carboxylic acid groups (broad SMARTS) is 1. The first kappa shape index (κ1) is 20.2. The predicted molar refractivity (Wildman–Crippen MR) is 121 cm³/mol. The molecule has 152 valence electrons. The summed E-state index contributed by atoms with van der Waals surface area (Å²) in [5.74, 6) is -0.171. The molecule has 1 fully saturated rings. The minimum absolute atomic E-state index is 0.214. The number of furan rings is 1. The fourth-order valence-electron chi connectivity index (χ4n) is 3.45. The SMILES string of the molecule is Cc1c(C(=O)O)cccc1-c1ccc(/C=C2\SC(=S)N(n3c(C)ccc3C)C2=O)o1. The maximum Gasteiger partial charge on any atom is 0.335 e. The first-order chi connectivity index (χ1) is 14.3. The van der Waals surface area contributed by atoms with Gasteiger partial charge >= 0.3 is 5.97 Å². The van der Waals surface area contributed by atoms with Crippen molar-refractivity contribution < 1.29 is 19.1 Å². The van der Waals surface area contributed by atoms with E-state index in [0.717, 1.165) is 11.4 Å². The number of rotatable bonds is 4. The third-order valence-corrected chi connectivity index (χ3v) is 6.22. The van der Waals surface area contributed by atoms with E-state index in [1.807, 2.05) is 32.0 Å². The molecule has 1 aromatic carbocycles. The van der Waals surface area contributed by atoms with Crippen molar-refractivity contribution in [3.05, 3.63) is 75.6 Å². The summed E-state index contributed by atoms with van der Waals surface area (Å²) >= 11 is 6.65. The van der Waals surface area contributed by atoms with E-state index >= 15 is 0 Å². The van der Waals surface area contributed by atoms with Gasteiger partial charge in [-0.2, -0.15) is 5.01 Å². The molecule has 8 heteroatoms. The van der Waals surface area contributed by atoms with E-state index in [4.69, 9.17) is 16.6 Å². The number of thioether (sulfide) groups is 1. The summed E-state index contributed by atoms with van der Waals surface area (Å²) in [6.45, 7) is 5.58. The van der Waals surface area contributed by atoms with Crippen LogP contribution in [0.25, 0.3) is 17.4 Å². The van der Waals surface area contributed by atoms with Gasteiger partial charge in [0, 0.05) is 23.0 Å². The highest BCUT2D eigenvalue weighted by Crippen LogP contribution is 2.34. The van der Waals surface area contributed by atoms with Crippen LogP contribution in [-0.2, 0) is 4.79 Å². The minimum atomic E-state index is -0.986. The number of nitrogens with zero attached hydrogens (tertiary/aromatic N) is 2. The zero-order valence-electron chi connectivity index (χ0n) is 16.5. The molecule has 0 aliphatic carbocycles. The maximum atomic E-state index is 13.0. The Morgan fingerprint density at radius 1 is 1.10 bits per heavy atom. The van der Waals surface area contributed by atoms with Crippen molar-refractivity contribution in [2.45, 2.75) is 20.8 Å². The van der Waals surface area contributed by atoms with Crippen LogP contribution in [0.4, 0.5) is 0 Å². The molecule has 1 N–H and O–H groups in total. The van der Waals surface area contributed by atoms with Crippen molar-refractivity contribution in [2.24, 2.45) is 0 Å². The third kappa shape index (κ3) is 3.38. The number of thiocarbonyl (C=S) groups is 1. The summed E-state index contributed by atoms with van der Waals surface area (Å²) in [5.41, 5.74) is 3.37. The molecule has 0 saturated carbocycles. The van der Waals surface area contributed by atoms with Gasteiger partial charge in [0.15, 0.2) is 4.32 Å². The lowest BCUT2D eigenvalue weighted by Gasteiger charge is -2.20. The Bertz CT molecular complexity index is 1220. The molecule has 6 nitrogen and oxygen atoms in total. The number of carbonyl (C=O) groups is 2. The number of aromatic carboxylic acids is 1. The Balaban J connectivity index is 1.66. The lowest BCUT2D eigenvalue weighted by Crippen LogP contribution is -2.39. The van der Waals surface area contributed by atoms with Crippen LogP contribution < -0.4 is 5.01 Å². The van der Waals surface area contributed by atoms with Crippen molar-refractivity contribution in [1.82, 2.24) is 4.68 Å². The van der Waals surface area contributed by atoms with Gasteiger partial charge in [0.2, 0.25) is 0 Å². The van der Waals surface area contributed by atoms with E-state index < -0.39 is 5.97 Å². The molecule has 0 unspecified atom stereocenters. The Hall–Kier alpha value is -3.10. The van der Waals surface area contributed by atoms with Crippen LogP contribution in [0.15, 0.2) is 51.8 Å². The van der Waals surface area contributed by atoms with Gasteiger partial charge in [0.25, 0.3) is 5.91 Å². The van der Waals surface area contributed by atoms with Gasteiger partial charge in [0.05, 0.1) is 10.5 Å². The number of aromatic nitrogens is 1. The van der Waals surface area contributed by atoms with Gasteiger partial charge < -0.3 is 9.52 Å². The van der Waals surface area contributed by atoms with Crippen molar-refractivity contribution in [3.8, 4) is 11.3 Å². The van der Waals surface area contributed by atoms with Crippen molar-refractivity contribution >= 4 is 46.3 Å². The highest BCUT2D eigenvalue weighted by Gasteiger charge is 2.35. The number of aryl methyl sites for hydroxylation is 2.